The van der Waals surface area contributed by atoms with Crippen molar-refractivity contribution in [3.63, 3.8) is 0 Å². The second-order valence-electron chi connectivity index (χ2n) is 7.35. The number of fused-ring (bicyclic) bond motifs is 1. The van der Waals surface area contributed by atoms with Gasteiger partial charge < -0.3 is 4.74 Å². The van der Waals surface area contributed by atoms with Crippen LogP contribution in [0.2, 0.25) is 0 Å². The normalized spacial score (nSPS) is 21.3. The van der Waals surface area contributed by atoms with Gasteiger partial charge in [-0.15, -0.1) is 0 Å². The maximum atomic E-state index is 12.8. The molecule has 4 rings (SSSR count). The number of ether oxygens (including phenoxy) is 1. The SMILES string of the molecule is CC1=CCC2C(=O)N(c3ccc(OC(=O)Cc4ccccc4)cc3)C(=O)C2C1. The number of rotatable bonds is 4. The minimum atomic E-state index is -0.361. The Morgan fingerprint density at radius 2 is 1.68 bits per heavy atom. The first-order chi connectivity index (χ1) is 13.5. The summed E-state index contributed by atoms with van der Waals surface area (Å²) in [4.78, 5) is 38.8. The average Bonchev–Trinajstić information content (AvgIpc) is 2.93. The van der Waals surface area contributed by atoms with Crippen LogP contribution in [0.4, 0.5) is 5.69 Å². The van der Waals surface area contributed by atoms with Crippen LogP contribution in [0.15, 0.2) is 66.2 Å². The minimum absolute atomic E-state index is 0.142. The van der Waals surface area contributed by atoms with Gasteiger partial charge in [-0.3, -0.25) is 19.3 Å². The maximum Gasteiger partial charge on any atom is 0.315 e. The van der Waals surface area contributed by atoms with Gasteiger partial charge in [0.2, 0.25) is 11.8 Å². The zero-order valence-electron chi connectivity index (χ0n) is 15.6. The molecule has 142 valence electrons. The fourth-order valence-corrected chi connectivity index (χ4v) is 3.89. The van der Waals surface area contributed by atoms with Crippen LogP contribution in [-0.4, -0.2) is 17.8 Å². The predicted molar refractivity (Wildman–Crippen MR) is 105 cm³/mol. The number of carbonyl (C=O) groups is 3. The highest BCUT2D eigenvalue weighted by Crippen LogP contribution is 2.39. The van der Waals surface area contributed by atoms with Crippen LogP contribution in [0.25, 0.3) is 0 Å². The Morgan fingerprint density at radius 3 is 2.39 bits per heavy atom. The minimum Gasteiger partial charge on any atom is -0.426 e. The number of allylic oxidation sites excluding steroid dienone is 2. The van der Waals surface area contributed by atoms with Gasteiger partial charge in [-0.1, -0.05) is 42.0 Å². The van der Waals surface area contributed by atoms with E-state index in [9.17, 15) is 14.4 Å². The van der Waals surface area contributed by atoms with Gasteiger partial charge in [-0.05, 0) is 49.6 Å². The molecule has 2 aromatic rings. The number of anilines is 1. The first-order valence-corrected chi connectivity index (χ1v) is 9.41. The van der Waals surface area contributed by atoms with Crippen LogP contribution in [0.5, 0.6) is 5.75 Å². The van der Waals surface area contributed by atoms with E-state index in [0.29, 0.717) is 24.3 Å². The summed E-state index contributed by atoms with van der Waals surface area (Å²) in [7, 11) is 0. The van der Waals surface area contributed by atoms with Crippen molar-refractivity contribution in [2.45, 2.75) is 26.2 Å². The molecule has 0 N–H and O–H groups in total. The van der Waals surface area contributed by atoms with Crippen LogP contribution >= 0.6 is 0 Å². The molecule has 2 aliphatic rings. The van der Waals surface area contributed by atoms with Crippen LogP contribution in [-0.2, 0) is 20.8 Å². The van der Waals surface area contributed by atoms with Crippen LogP contribution in [0.1, 0.15) is 25.3 Å². The molecule has 5 nitrogen and oxygen atoms in total. The quantitative estimate of drug-likeness (QED) is 0.354. The number of nitrogens with zero attached hydrogens (tertiary/aromatic N) is 1. The number of carbonyl (C=O) groups excluding carboxylic acids is 3. The molecule has 0 radical (unpaired) electrons. The molecule has 2 amide bonds. The molecule has 28 heavy (non-hydrogen) atoms. The van der Waals surface area contributed by atoms with E-state index >= 15 is 0 Å². The third kappa shape index (κ3) is 3.48. The average molecular weight is 375 g/mol. The molecule has 2 aromatic carbocycles. The molecule has 1 heterocycles. The molecule has 1 aliphatic heterocycles. The zero-order valence-corrected chi connectivity index (χ0v) is 15.6. The van der Waals surface area contributed by atoms with Crippen LogP contribution in [0.3, 0.4) is 0 Å². The van der Waals surface area contributed by atoms with E-state index in [2.05, 4.69) is 0 Å². The fraction of sp³-hybridized carbons (Fsp3) is 0.261. The van der Waals surface area contributed by atoms with E-state index in [1.165, 1.54) is 4.90 Å². The summed E-state index contributed by atoms with van der Waals surface area (Å²) in [6.45, 7) is 2.00. The van der Waals surface area contributed by atoms with Crippen molar-refractivity contribution in [2.75, 3.05) is 4.90 Å². The summed E-state index contributed by atoms with van der Waals surface area (Å²) in [5.74, 6) is -0.789. The Morgan fingerprint density at radius 1 is 1.00 bits per heavy atom. The van der Waals surface area contributed by atoms with Crippen LogP contribution < -0.4 is 9.64 Å². The van der Waals surface area contributed by atoms with Gasteiger partial charge in [-0.2, -0.15) is 0 Å². The Kier molecular flexibility index (Phi) is 4.82. The fourth-order valence-electron chi connectivity index (χ4n) is 3.89. The first kappa shape index (κ1) is 18.2. The largest absolute Gasteiger partial charge is 0.426 e. The molecule has 0 aromatic heterocycles. The van der Waals surface area contributed by atoms with Gasteiger partial charge in [-0.25, -0.2) is 0 Å². The molecule has 0 spiro atoms. The summed E-state index contributed by atoms with van der Waals surface area (Å²) in [6.07, 6.45) is 3.49. The van der Waals surface area contributed by atoms with E-state index in [4.69, 9.17) is 4.74 Å². The standard InChI is InChI=1S/C23H21NO4/c1-15-7-12-19-20(13-15)23(27)24(22(19)26)17-8-10-18(11-9-17)28-21(25)14-16-5-3-2-4-6-16/h2-11,19-20H,12-14H2,1H3. The smallest absolute Gasteiger partial charge is 0.315 e. The van der Waals surface area contributed by atoms with Gasteiger partial charge in [0.25, 0.3) is 0 Å². The summed E-state index contributed by atoms with van der Waals surface area (Å²) in [5, 5.41) is 0. The van der Waals surface area contributed by atoms with Gasteiger partial charge in [0.15, 0.2) is 0 Å². The highest BCUT2D eigenvalue weighted by Gasteiger charge is 2.48. The van der Waals surface area contributed by atoms with Gasteiger partial charge in [0, 0.05) is 0 Å². The number of hydrogen-bond donors (Lipinski definition) is 0. The molecule has 5 heteroatoms. The number of hydrogen-bond acceptors (Lipinski definition) is 4. The predicted octanol–water partition coefficient (Wildman–Crippen LogP) is 3.68. The van der Waals surface area contributed by atoms with E-state index in [1.54, 1.807) is 24.3 Å². The lowest BCUT2D eigenvalue weighted by Crippen LogP contribution is -2.30. The molecule has 2 unspecified atom stereocenters. The highest BCUT2D eigenvalue weighted by molar-refractivity contribution is 6.22. The molecule has 1 aliphatic carbocycles. The second kappa shape index (κ2) is 7.43. The molecular weight excluding hydrogens is 354 g/mol. The van der Waals surface area contributed by atoms with Gasteiger partial charge in [0.05, 0.1) is 23.9 Å². The van der Waals surface area contributed by atoms with E-state index < -0.39 is 0 Å². The second-order valence-corrected chi connectivity index (χ2v) is 7.35. The molecule has 0 bridgehead atoms. The number of benzene rings is 2. The summed E-state index contributed by atoms with van der Waals surface area (Å²) in [6, 6.07) is 15.9. The lowest BCUT2D eigenvalue weighted by atomic mass is 9.82. The summed E-state index contributed by atoms with van der Waals surface area (Å²) >= 11 is 0. The summed E-state index contributed by atoms with van der Waals surface area (Å²) in [5.41, 5.74) is 2.55. The highest BCUT2D eigenvalue weighted by atomic mass is 16.5. The molecule has 1 saturated heterocycles. The van der Waals surface area contributed by atoms with Gasteiger partial charge in [0.1, 0.15) is 5.75 Å². The topological polar surface area (TPSA) is 63.7 Å². The number of amides is 2. The number of esters is 1. The molecule has 0 saturated carbocycles. The lowest BCUT2D eigenvalue weighted by Gasteiger charge is -2.18. The van der Waals surface area contributed by atoms with Crippen molar-refractivity contribution in [3.8, 4) is 5.75 Å². The van der Waals surface area contributed by atoms with Gasteiger partial charge >= 0.3 is 5.97 Å². The van der Waals surface area contributed by atoms with E-state index in [0.717, 1.165) is 11.1 Å². The van der Waals surface area contributed by atoms with Crippen molar-refractivity contribution in [1.82, 2.24) is 0 Å². The Balaban J connectivity index is 1.44. The maximum absolute atomic E-state index is 12.8. The zero-order chi connectivity index (χ0) is 19.7. The van der Waals surface area contributed by atoms with Crippen molar-refractivity contribution in [1.29, 1.82) is 0 Å². The van der Waals surface area contributed by atoms with Crippen LogP contribution in [0, 0.1) is 11.8 Å². The molecular formula is C23H21NO4. The monoisotopic (exact) mass is 375 g/mol. The molecule has 1 fully saturated rings. The summed E-state index contributed by atoms with van der Waals surface area (Å²) < 4.78 is 5.36. The third-order valence-corrected chi connectivity index (χ3v) is 5.34. The van der Waals surface area contributed by atoms with E-state index in [1.807, 2.05) is 43.3 Å². The Bertz CT molecular complexity index is 946. The van der Waals surface area contributed by atoms with E-state index in [-0.39, 0.29) is 36.0 Å². The first-order valence-electron chi connectivity index (χ1n) is 9.41. The lowest BCUT2D eigenvalue weighted by molar-refractivity contribution is -0.133. The Labute approximate surface area is 163 Å². The van der Waals surface area contributed by atoms with Crippen molar-refractivity contribution in [2.24, 2.45) is 11.8 Å². The number of imide groups is 1. The van der Waals surface area contributed by atoms with Crippen molar-refractivity contribution in [3.05, 3.63) is 71.8 Å². The van der Waals surface area contributed by atoms with Crippen molar-refractivity contribution >= 4 is 23.5 Å². The van der Waals surface area contributed by atoms with Crippen molar-refractivity contribution < 1.29 is 19.1 Å². The molecule has 2 atom stereocenters. The Hall–Kier alpha value is -3.21. The third-order valence-electron chi connectivity index (χ3n) is 5.34.